The van der Waals surface area contributed by atoms with Crippen molar-refractivity contribution >= 4 is 38.8 Å². The Morgan fingerprint density at radius 1 is 1.23 bits per heavy atom. The Bertz CT molecular complexity index is 886. The number of carbonyl (C=O) groups is 1. The Labute approximate surface area is 135 Å². The number of nitrogens with one attached hydrogen (secondary N) is 1. The van der Waals surface area contributed by atoms with Crippen LogP contribution in [0.15, 0.2) is 33.4 Å². The summed E-state index contributed by atoms with van der Waals surface area (Å²) in [4.78, 5) is 20.8. The number of fused-ring (bicyclic) bond motifs is 1. The summed E-state index contributed by atoms with van der Waals surface area (Å²) in [5, 5.41) is 3.59. The minimum Gasteiger partial charge on any atom is -0.443 e. The normalized spacial score (nSPS) is 10.9. The van der Waals surface area contributed by atoms with Crippen LogP contribution in [0.3, 0.4) is 0 Å². The van der Waals surface area contributed by atoms with E-state index >= 15 is 0 Å². The number of furan rings is 1. The van der Waals surface area contributed by atoms with E-state index in [4.69, 9.17) is 4.42 Å². The van der Waals surface area contributed by atoms with Crippen LogP contribution < -0.4 is 5.32 Å². The Hall–Kier alpha value is -2.21. The van der Waals surface area contributed by atoms with Gasteiger partial charge in [0, 0.05) is 15.6 Å². The van der Waals surface area contributed by atoms with Crippen LogP contribution in [0.2, 0.25) is 0 Å². The molecule has 3 aromatic rings. The standard InChI is InChI=1S/C16H14BrN3O2/c1-8-6-11(17)4-5-12(8)15(21)20-14-13-9(2)10(3)22-16(13)19-7-18-14/h4-7H,1-3H3,(H,18,19,20,21). The van der Waals surface area contributed by atoms with Crippen molar-refractivity contribution in [1.82, 2.24) is 9.97 Å². The SMILES string of the molecule is Cc1cc(Br)ccc1C(=O)Nc1ncnc2oc(C)c(C)c12. The first-order valence-corrected chi connectivity index (χ1v) is 7.55. The molecule has 5 nitrogen and oxygen atoms in total. The zero-order chi connectivity index (χ0) is 15.9. The lowest BCUT2D eigenvalue weighted by Crippen LogP contribution is -2.14. The van der Waals surface area contributed by atoms with Gasteiger partial charge in [-0.3, -0.25) is 4.79 Å². The molecule has 0 aliphatic carbocycles. The van der Waals surface area contributed by atoms with Gasteiger partial charge < -0.3 is 9.73 Å². The fraction of sp³-hybridized carbons (Fsp3) is 0.188. The van der Waals surface area contributed by atoms with Gasteiger partial charge in [-0.15, -0.1) is 0 Å². The summed E-state index contributed by atoms with van der Waals surface area (Å²) in [6, 6.07) is 5.52. The van der Waals surface area contributed by atoms with E-state index in [9.17, 15) is 4.79 Å². The van der Waals surface area contributed by atoms with Crippen molar-refractivity contribution in [3.8, 4) is 0 Å². The van der Waals surface area contributed by atoms with Gasteiger partial charge >= 0.3 is 0 Å². The Kier molecular flexibility index (Phi) is 3.70. The third-order valence-electron chi connectivity index (χ3n) is 3.63. The average molecular weight is 360 g/mol. The summed E-state index contributed by atoms with van der Waals surface area (Å²) >= 11 is 3.39. The molecule has 0 radical (unpaired) electrons. The molecule has 0 saturated heterocycles. The lowest BCUT2D eigenvalue weighted by molar-refractivity contribution is 0.102. The van der Waals surface area contributed by atoms with Gasteiger partial charge in [-0.05, 0) is 44.5 Å². The van der Waals surface area contributed by atoms with Crippen molar-refractivity contribution in [2.45, 2.75) is 20.8 Å². The number of carbonyl (C=O) groups excluding carboxylic acids is 1. The van der Waals surface area contributed by atoms with Crippen molar-refractivity contribution in [3.05, 3.63) is 51.4 Å². The number of anilines is 1. The van der Waals surface area contributed by atoms with Gasteiger partial charge in [-0.25, -0.2) is 9.97 Å². The van der Waals surface area contributed by atoms with Crippen molar-refractivity contribution in [3.63, 3.8) is 0 Å². The van der Waals surface area contributed by atoms with Crippen LogP contribution >= 0.6 is 15.9 Å². The van der Waals surface area contributed by atoms with Crippen molar-refractivity contribution < 1.29 is 9.21 Å². The first kappa shape index (κ1) is 14.7. The molecule has 22 heavy (non-hydrogen) atoms. The first-order valence-electron chi connectivity index (χ1n) is 6.75. The van der Waals surface area contributed by atoms with Crippen molar-refractivity contribution in [2.24, 2.45) is 0 Å². The van der Waals surface area contributed by atoms with E-state index in [-0.39, 0.29) is 5.91 Å². The number of hydrogen-bond donors (Lipinski definition) is 1. The second-order valence-electron chi connectivity index (χ2n) is 5.10. The fourth-order valence-corrected chi connectivity index (χ4v) is 2.81. The molecule has 3 rings (SSSR count). The van der Waals surface area contributed by atoms with Gasteiger partial charge in [0.2, 0.25) is 5.71 Å². The number of rotatable bonds is 2. The molecule has 0 aliphatic heterocycles. The quantitative estimate of drug-likeness (QED) is 0.745. The minimum atomic E-state index is -0.205. The Morgan fingerprint density at radius 2 is 2.00 bits per heavy atom. The highest BCUT2D eigenvalue weighted by Crippen LogP contribution is 2.28. The van der Waals surface area contributed by atoms with Crippen molar-refractivity contribution in [1.29, 1.82) is 0 Å². The second-order valence-corrected chi connectivity index (χ2v) is 6.01. The summed E-state index contributed by atoms with van der Waals surface area (Å²) in [5.41, 5.74) is 2.90. The van der Waals surface area contributed by atoms with Gasteiger partial charge in [-0.1, -0.05) is 15.9 Å². The van der Waals surface area contributed by atoms with Gasteiger partial charge in [0.15, 0.2) is 0 Å². The smallest absolute Gasteiger partial charge is 0.257 e. The Balaban J connectivity index is 2.01. The first-order chi connectivity index (χ1) is 10.5. The van der Waals surface area contributed by atoms with Crippen LogP contribution in [-0.4, -0.2) is 15.9 Å². The van der Waals surface area contributed by atoms with Crippen LogP contribution in [-0.2, 0) is 0 Å². The summed E-state index contributed by atoms with van der Waals surface area (Å²) in [5.74, 6) is 1.03. The Morgan fingerprint density at radius 3 is 2.73 bits per heavy atom. The maximum Gasteiger partial charge on any atom is 0.257 e. The summed E-state index contributed by atoms with van der Waals surface area (Å²) in [6.07, 6.45) is 1.38. The van der Waals surface area contributed by atoms with Crippen LogP contribution in [0.4, 0.5) is 5.82 Å². The van der Waals surface area contributed by atoms with E-state index in [0.717, 1.165) is 26.7 Å². The molecule has 0 fully saturated rings. The molecule has 1 N–H and O–H groups in total. The topological polar surface area (TPSA) is 68.0 Å². The molecule has 2 heterocycles. The number of nitrogens with zero attached hydrogens (tertiary/aromatic N) is 2. The highest BCUT2D eigenvalue weighted by Gasteiger charge is 2.17. The van der Waals surface area contributed by atoms with E-state index in [2.05, 4.69) is 31.2 Å². The molecule has 0 saturated carbocycles. The van der Waals surface area contributed by atoms with E-state index in [1.54, 1.807) is 6.07 Å². The number of amides is 1. The van der Waals surface area contributed by atoms with Gasteiger partial charge in [0.25, 0.3) is 5.91 Å². The lowest BCUT2D eigenvalue weighted by atomic mass is 10.1. The molecule has 6 heteroatoms. The molecule has 0 aliphatic rings. The fourth-order valence-electron chi connectivity index (χ4n) is 2.33. The molecule has 0 bridgehead atoms. The monoisotopic (exact) mass is 359 g/mol. The average Bonchev–Trinajstić information content (AvgIpc) is 2.75. The molecular formula is C16H14BrN3O2. The molecule has 0 atom stereocenters. The third-order valence-corrected chi connectivity index (χ3v) is 4.12. The molecule has 112 valence electrons. The summed E-state index contributed by atoms with van der Waals surface area (Å²) in [6.45, 7) is 5.68. The molecule has 1 aromatic carbocycles. The number of halogens is 1. The number of hydrogen-bond acceptors (Lipinski definition) is 4. The van der Waals surface area contributed by atoms with Crippen LogP contribution in [0.1, 0.15) is 27.2 Å². The second kappa shape index (κ2) is 5.53. The maximum atomic E-state index is 12.5. The highest BCUT2D eigenvalue weighted by atomic mass is 79.9. The molecule has 1 amide bonds. The van der Waals surface area contributed by atoms with E-state index < -0.39 is 0 Å². The third kappa shape index (κ3) is 2.50. The molecular weight excluding hydrogens is 346 g/mol. The minimum absolute atomic E-state index is 0.205. The predicted octanol–water partition coefficient (Wildman–Crippen LogP) is 4.16. The lowest BCUT2D eigenvalue weighted by Gasteiger charge is -2.08. The maximum absolute atomic E-state index is 12.5. The molecule has 0 unspecified atom stereocenters. The van der Waals surface area contributed by atoms with Crippen LogP contribution in [0.5, 0.6) is 0 Å². The largest absolute Gasteiger partial charge is 0.443 e. The van der Waals surface area contributed by atoms with Crippen molar-refractivity contribution in [2.75, 3.05) is 5.32 Å². The zero-order valence-electron chi connectivity index (χ0n) is 12.4. The van der Waals surface area contributed by atoms with Crippen LogP contribution in [0, 0.1) is 20.8 Å². The number of aryl methyl sites for hydroxylation is 3. The van der Waals surface area contributed by atoms with Gasteiger partial charge in [0.1, 0.15) is 17.9 Å². The van der Waals surface area contributed by atoms with E-state index in [1.165, 1.54) is 6.33 Å². The van der Waals surface area contributed by atoms with E-state index in [1.807, 2.05) is 32.9 Å². The number of benzene rings is 1. The molecule has 0 spiro atoms. The highest BCUT2D eigenvalue weighted by molar-refractivity contribution is 9.10. The van der Waals surface area contributed by atoms with Crippen LogP contribution in [0.25, 0.3) is 11.1 Å². The number of aromatic nitrogens is 2. The zero-order valence-corrected chi connectivity index (χ0v) is 14.0. The molecule has 2 aromatic heterocycles. The summed E-state index contributed by atoms with van der Waals surface area (Å²) < 4.78 is 6.49. The van der Waals surface area contributed by atoms with E-state index in [0.29, 0.717) is 17.1 Å². The van der Waals surface area contributed by atoms with Gasteiger partial charge in [-0.2, -0.15) is 0 Å². The van der Waals surface area contributed by atoms with Gasteiger partial charge in [0.05, 0.1) is 5.39 Å². The predicted molar refractivity (Wildman–Crippen MR) is 88.1 cm³/mol. The summed E-state index contributed by atoms with van der Waals surface area (Å²) in [7, 11) is 0.